The zero-order chi connectivity index (χ0) is 13.5. The number of hydrogen-bond donors (Lipinski definition) is 0. The predicted octanol–water partition coefficient (Wildman–Crippen LogP) is 3.92. The van der Waals surface area contributed by atoms with Gasteiger partial charge in [0.25, 0.3) is 0 Å². The summed E-state index contributed by atoms with van der Waals surface area (Å²) in [5.74, 6) is 0.760. The van der Waals surface area contributed by atoms with Crippen LogP contribution in [0.2, 0.25) is 5.02 Å². The van der Waals surface area contributed by atoms with E-state index in [1.807, 2.05) is 30.3 Å². The zero-order valence-corrected chi connectivity index (χ0v) is 11.3. The van der Waals surface area contributed by atoms with Gasteiger partial charge in [0.15, 0.2) is 5.78 Å². The minimum absolute atomic E-state index is 0.0961. The largest absolute Gasteiger partial charge is 0.486 e. The third-order valence-electron chi connectivity index (χ3n) is 2.75. The van der Waals surface area contributed by atoms with Crippen molar-refractivity contribution in [1.29, 1.82) is 0 Å². The molecule has 0 heterocycles. The second-order valence-electron chi connectivity index (χ2n) is 4.27. The Balaban J connectivity index is 1.74. The molecular weight excluding hydrogens is 260 g/mol. The summed E-state index contributed by atoms with van der Waals surface area (Å²) in [5, 5.41) is 0.655. The third-order valence-corrected chi connectivity index (χ3v) is 3.00. The van der Waals surface area contributed by atoms with Gasteiger partial charge in [-0.25, -0.2) is 0 Å². The van der Waals surface area contributed by atoms with Gasteiger partial charge in [-0.3, -0.25) is 4.79 Å². The van der Waals surface area contributed by atoms with Gasteiger partial charge in [0, 0.05) is 11.4 Å². The molecule has 0 aromatic heterocycles. The van der Waals surface area contributed by atoms with Gasteiger partial charge in [-0.15, -0.1) is 0 Å². The van der Waals surface area contributed by atoms with Crippen LogP contribution in [0.15, 0.2) is 54.6 Å². The standard InChI is InChI=1S/C16H15ClO2/c17-14-7-10-16(11-8-14)19-12-15(18)9-6-13-4-2-1-3-5-13/h1-5,7-8,10-11H,6,9,12H2. The molecule has 0 radical (unpaired) electrons. The van der Waals surface area contributed by atoms with Crippen molar-refractivity contribution in [3.05, 3.63) is 65.2 Å². The minimum Gasteiger partial charge on any atom is -0.486 e. The number of aryl methyl sites for hydroxylation is 1. The fourth-order valence-corrected chi connectivity index (χ4v) is 1.82. The Bertz CT molecular complexity index is 520. The summed E-state index contributed by atoms with van der Waals surface area (Å²) in [7, 11) is 0. The molecule has 0 unspecified atom stereocenters. The molecule has 98 valence electrons. The first-order chi connectivity index (χ1) is 9.24. The van der Waals surface area contributed by atoms with Gasteiger partial charge in [-0.1, -0.05) is 41.9 Å². The third kappa shape index (κ3) is 4.76. The van der Waals surface area contributed by atoms with Gasteiger partial charge in [-0.2, -0.15) is 0 Å². The molecule has 2 aromatic carbocycles. The van der Waals surface area contributed by atoms with E-state index < -0.39 is 0 Å². The normalized spacial score (nSPS) is 10.2. The quantitative estimate of drug-likeness (QED) is 0.798. The summed E-state index contributed by atoms with van der Waals surface area (Å²) in [4.78, 5) is 11.7. The molecular formula is C16H15ClO2. The molecule has 0 spiro atoms. The summed E-state index contributed by atoms with van der Waals surface area (Å²) in [6, 6.07) is 17.0. The van der Waals surface area contributed by atoms with E-state index in [1.165, 1.54) is 5.56 Å². The van der Waals surface area contributed by atoms with E-state index in [2.05, 4.69) is 0 Å². The average Bonchev–Trinajstić information content (AvgIpc) is 2.45. The molecule has 0 N–H and O–H groups in total. The van der Waals surface area contributed by atoms with E-state index >= 15 is 0 Å². The van der Waals surface area contributed by atoms with Crippen molar-refractivity contribution in [2.75, 3.05) is 6.61 Å². The highest BCUT2D eigenvalue weighted by Gasteiger charge is 2.04. The second kappa shape index (κ2) is 6.95. The summed E-state index contributed by atoms with van der Waals surface area (Å²) >= 11 is 5.77. The van der Waals surface area contributed by atoms with Crippen LogP contribution in [-0.2, 0) is 11.2 Å². The highest BCUT2D eigenvalue weighted by molar-refractivity contribution is 6.30. The molecule has 2 rings (SSSR count). The number of benzene rings is 2. The summed E-state index contributed by atoms with van der Waals surface area (Å²) in [6.07, 6.45) is 1.25. The number of carbonyl (C=O) groups is 1. The van der Waals surface area contributed by atoms with Crippen LogP contribution in [0, 0.1) is 0 Å². The Morgan fingerprint density at radius 1 is 1.00 bits per heavy atom. The first kappa shape index (κ1) is 13.6. The lowest BCUT2D eigenvalue weighted by Gasteiger charge is -2.05. The summed E-state index contributed by atoms with van der Waals surface area (Å²) < 4.78 is 5.40. The first-order valence-corrected chi connectivity index (χ1v) is 6.56. The minimum atomic E-state index is 0.0961. The number of carbonyl (C=O) groups excluding carboxylic acids is 1. The van der Waals surface area contributed by atoms with E-state index in [9.17, 15) is 4.79 Å². The van der Waals surface area contributed by atoms with Crippen molar-refractivity contribution < 1.29 is 9.53 Å². The number of halogens is 1. The van der Waals surface area contributed by atoms with Crippen molar-refractivity contribution in [2.45, 2.75) is 12.8 Å². The number of ketones is 1. The zero-order valence-electron chi connectivity index (χ0n) is 10.5. The Labute approximate surface area is 118 Å². The van der Waals surface area contributed by atoms with Gasteiger partial charge >= 0.3 is 0 Å². The Morgan fingerprint density at radius 3 is 2.37 bits per heavy atom. The van der Waals surface area contributed by atoms with Crippen molar-refractivity contribution in [3.8, 4) is 5.75 Å². The SMILES string of the molecule is O=C(CCc1ccccc1)COc1ccc(Cl)cc1. The van der Waals surface area contributed by atoms with Crippen molar-refractivity contribution in [2.24, 2.45) is 0 Å². The fraction of sp³-hybridized carbons (Fsp3) is 0.188. The van der Waals surface area contributed by atoms with Crippen LogP contribution < -0.4 is 4.74 Å². The fourth-order valence-electron chi connectivity index (χ4n) is 1.70. The topological polar surface area (TPSA) is 26.3 Å². The van der Waals surface area contributed by atoms with E-state index in [0.717, 1.165) is 6.42 Å². The predicted molar refractivity (Wildman–Crippen MR) is 76.7 cm³/mol. The van der Waals surface area contributed by atoms with Crippen molar-refractivity contribution >= 4 is 17.4 Å². The monoisotopic (exact) mass is 274 g/mol. The van der Waals surface area contributed by atoms with Crippen LogP contribution >= 0.6 is 11.6 Å². The molecule has 0 aliphatic heterocycles. The van der Waals surface area contributed by atoms with Gasteiger partial charge in [0.05, 0.1) is 0 Å². The van der Waals surface area contributed by atoms with Crippen LogP contribution in [0.4, 0.5) is 0 Å². The summed E-state index contributed by atoms with van der Waals surface area (Å²) in [6.45, 7) is 0.106. The number of Topliss-reactive ketones (excluding diaryl/α,β-unsaturated/α-hetero) is 1. The molecule has 2 aromatic rings. The Morgan fingerprint density at radius 2 is 1.68 bits per heavy atom. The Hall–Kier alpha value is -1.80. The van der Waals surface area contributed by atoms with E-state index in [4.69, 9.17) is 16.3 Å². The van der Waals surface area contributed by atoms with Crippen LogP contribution in [-0.4, -0.2) is 12.4 Å². The molecule has 0 saturated heterocycles. The smallest absolute Gasteiger partial charge is 0.170 e. The van der Waals surface area contributed by atoms with Gasteiger partial charge in [-0.05, 0) is 36.2 Å². The molecule has 0 amide bonds. The number of ether oxygens (including phenoxy) is 1. The molecule has 0 aliphatic rings. The Kier molecular flexibility index (Phi) is 4.99. The van der Waals surface area contributed by atoms with E-state index in [0.29, 0.717) is 17.2 Å². The van der Waals surface area contributed by atoms with Crippen LogP contribution in [0.1, 0.15) is 12.0 Å². The van der Waals surface area contributed by atoms with Crippen molar-refractivity contribution in [1.82, 2.24) is 0 Å². The molecule has 3 heteroatoms. The molecule has 0 fully saturated rings. The van der Waals surface area contributed by atoms with E-state index in [1.54, 1.807) is 24.3 Å². The maximum Gasteiger partial charge on any atom is 0.170 e. The lowest BCUT2D eigenvalue weighted by atomic mass is 10.1. The van der Waals surface area contributed by atoms with Crippen molar-refractivity contribution in [3.63, 3.8) is 0 Å². The first-order valence-electron chi connectivity index (χ1n) is 6.18. The highest BCUT2D eigenvalue weighted by atomic mass is 35.5. The molecule has 2 nitrogen and oxygen atoms in total. The van der Waals surface area contributed by atoms with Crippen LogP contribution in [0.3, 0.4) is 0 Å². The lowest BCUT2D eigenvalue weighted by molar-refractivity contribution is -0.121. The average molecular weight is 275 g/mol. The van der Waals surface area contributed by atoms with Gasteiger partial charge in [0.1, 0.15) is 12.4 Å². The second-order valence-corrected chi connectivity index (χ2v) is 4.70. The number of hydrogen-bond acceptors (Lipinski definition) is 2. The molecule has 0 saturated carbocycles. The maximum atomic E-state index is 11.7. The maximum absolute atomic E-state index is 11.7. The van der Waals surface area contributed by atoms with Gasteiger partial charge < -0.3 is 4.74 Å². The molecule has 19 heavy (non-hydrogen) atoms. The molecule has 0 aliphatic carbocycles. The lowest BCUT2D eigenvalue weighted by Crippen LogP contribution is -2.11. The van der Waals surface area contributed by atoms with Gasteiger partial charge in [0.2, 0.25) is 0 Å². The van der Waals surface area contributed by atoms with Crippen LogP contribution in [0.25, 0.3) is 0 Å². The number of rotatable bonds is 6. The molecule has 0 bridgehead atoms. The summed E-state index contributed by atoms with van der Waals surface area (Å²) in [5.41, 5.74) is 1.17. The van der Waals surface area contributed by atoms with Crippen LogP contribution in [0.5, 0.6) is 5.75 Å². The highest BCUT2D eigenvalue weighted by Crippen LogP contribution is 2.15. The molecule has 0 atom stereocenters. The van der Waals surface area contributed by atoms with E-state index in [-0.39, 0.29) is 12.4 Å².